The number of carbonyl (C=O) groups is 2. The normalized spacial score (nSPS) is 14.0. The van der Waals surface area contributed by atoms with Gasteiger partial charge in [0.15, 0.2) is 0 Å². The first-order valence-electron chi connectivity index (χ1n) is 9.78. The fraction of sp³-hybridized carbons (Fsp3) is 0.318. The summed E-state index contributed by atoms with van der Waals surface area (Å²) in [7, 11) is 1.62. The molecular weight excluding hydrogens is 418 g/mol. The Kier molecular flexibility index (Phi) is 6.44. The Morgan fingerprint density at radius 3 is 2.43 bits per heavy atom. The van der Waals surface area contributed by atoms with Crippen LogP contribution in [-0.2, 0) is 22.4 Å². The average Bonchev–Trinajstić information content (AvgIpc) is 3.46. The molecule has 0 unspecified atom stereocenters. The minimum absolute atomic E-state index is 0.0667. The molecule has 4 rings (SSSR count). The van der Waals surface area contributed by atoms with E-state index >= 15 is 0 Å². The molecule has 0 saturated carbocycles. The molecule has 0 atom stereocenters. The second-order valence-electron chi connectivity index (χ2n) is 7.12. The summed E-state index contributed by atoms with van der Waals surface area (Å²) >= 11 is 3.20. The zero-order chi connectivity index (χ0) is 20.9. The number of methoxy groups -OCH3 is 1. The molecule has 0 radical (unpaired) electrons. The van der Waals surface area contributed by atoms with Gasteiger partial charge in [-0.3, -0.25) is 9.59 Å². The molecule has 0 aliphatic carbocycles. The number of thiazole rings is 1. The van der Waals surface area contributed by atoms with Gasteiger partial charge in [-0.05, 0) is 29.1 Å². The number of thiophene rings is 1. The zero-order valence-electron chi connectivity index (χ0n) is 16.7. The highest BCUT2D eigenvalue weighted by atomic mass is 32.1. The average molecular weight is 442 g/mol. The van der Waals surface area contributed by atoms with Crippen LogP contribution in [0.15, 0.2) is 46.5 Å². The lowest BCUT2D eigenvalue weighted by atomic mass is 10.1. The van der Waals surface area contributed by atoms with Gasteiger partial charge < -0.3 is 14.5 Å². The van der Waals surface area contributed by atoms with Gasteiger partial charge in [-0.1, -0.05) is 12.1 Å². The van der Waals surface area contributed by atoms with E-state index in [0.717, 1.165) is 27.6 Å². The van der Waals surface area contributed by atoms with Gasteiger partial charge in [-0.15, -0.1) is 11.3 Å². The van der Waals surface area contributed by atoms with Gasteiger partial charge in [-0.25, -0.2) is 4.98 Å². The molecule has 156 valence electrons. The number of nitrogens with zero attached hydrogens (tertiary/aromatic N) is 3. The molecule has 1 fully saturated rings. The Morgan fingerprint density at radius 1 is 1.03 bits per heavy atom. The van der Waals surface area contributed by atoms with Crippen molar-refractivity contribution in [3.63, 3.8) is 0 Å². The second-order valence-corrected chi connectivity index (χ2v) is 8.76. The molecule has 3 aromatic rings. The Labute approximate surface area is 183 Å². The summed E-state index contributed by atoms with van der Waals surface area (Å²) in [4.78, 5) is 33.6. The van der Waals surface area contributed by atoms with Gasteiger partial charge in [0.2, 0.25) is 11.8 Å². The summed E-state index contributed by atoms with van der Waals surface area (Å²) in [5.41, 5.74) is 2.84. The Hall–Kier alpha value is -2.71. The molecule has 0 N–H and O–H groups in total. The van der Waals surface area contributed by atoms with Crippen LogP contribution in [-0.4, -0.2) is 59.9 Å². The molecule has 8 heteroatoms. The number of piperazine rings is 1. The van der Waals surface area contributed by atoms with Crippen molar-refractivity contribution < 1.29 is 14.3 Å². The first kappa shape index (κ1) is 20.6. The highest BCUT2D eigenvalue weighted by Gasteiger charge is 2.24. The van der Waals surface area contributed by atoms with Gasteiger partial charge in [-0.2, -0.15) is 11.3 Å². The monoisotopic (exact) mass is 441 g/mol. The van der Waals surface area contributed by atoms with Crippen molar-refractivity contribution in [3.05, 3.63) is 57.7 Å². The summed E-state index contributed by atoms with van der Waals surface area (Å²) in [5, 5.41) is 6.99. The van der Waals surface area contributed by atoms with E-state index in [2.05, 4.69) is 10.4 Å². The van der Waals surface area contributed by atoms with E-state index in [-0.39, 0.29) is 11.8 Å². The summed E-state index contributed by atoms with van der Waals surface area (Å²) in [5.74, 6) is 0.896. The number of rotatable bonds is 6. The summed E-state index contributed by atoms with van der Waals surface area (Å²) < 4.78 is 5.22. The van der Waals surface area contributed by atoms with Crippen molar-refractivity contribution in [2.24, 2.45) is 0 Å². The summed E-state index contributed by atoms with van der Waals surface area (Å²) in [6.45, 7) is 2.24. The van der Waals surface area contributed by atoms with E-state index in [9.17, 15) is 9.59 Å². The van der Waals surface area contributed by atoms with Gasteiger partial charge in [0.1, 0.15) is 10.8 Å². The molecule has 1 aromatic carbocycles. The zero-order valence-corrected chi connectivity index (χ0v) is 18.4. The van der Waals surface area contributed by atoms with Crippen LogP contribution >= 0.6 is 22.7 Å². The fourth-order valence-electron chi connectivity index (χ4n) is 3.45. The van der Waals surface area contributed by atoms with Gasteiger partial charge in [0, 0.05) is 42.5 Å². The molecule has 1 saturated heterocycles. The lowest BCUT2D eigenvalue weighted by Gasteiger charge is -2.34. The number of hydrogen-bond donors (Lipinski definition) is 0. The minimum atomic E-state index is 0.0667. The number of carbonyl (C=O) groups excluding carboxylic acids is 2. The van der Waals surface area contributed by atoms with Gasteiger partial charge in [0.05, 0.1) is 25.6 Å². The van der Waals surface area contributed by atoms with E-state index in [1.807, 2.05) is 50.9 Å². The Bertz CT molecular complexity index is 1010. The molecule has 30 heavy (non-hydrogen) atoms. The number of benzene rings is 1. The van der Waals surface area contributed by atoms with Crippen molar-refractivity contribution in [1.29, 1.82) is 0 Å². The molecule has 2 aromatic heterocycles. The van der Waals surface area contributed by atoms with Crippen molar-refractivity contribution in [2.45, 2.75) is 12.8 Å². The van der Waals surface area contributed by atoms with Crippen molar-refractivity contribution in [3.8, 4) is 16.3 Å². The minimum Gasteiger partial charge on any atom is -0.497 e. The smallest absolute Gasteiger partial charge is 0.228 e. The number of ether oxygens (including phenoxy) is 1. The van der Waals surface area contributed by atoms with Crippen LogP contribution in [0.25, 0.3) is 10.6 Å². The van der Waals surface area contributed by atoms with Crippen molar-refractivity contribution in [2.75, 3.05) is 33.3 Å². The van der Waals surface area contributed by atoms with E-state index in [1.165, 1.54) is 0 Å². The predicted molar refractivity (Wildman–Crippen MR) is 119 cm³/mol. The van der Waals surface area contributed by atoms with Gasteiger partial charge >= 0.3 is 0 Å². The van der Waals surface area contributed by atoms with E-state index in [0.29, 0.717) is 39.0 Å². The predicted octanol–water partition coefficient (Wildman–Crippen LogP) is 3.34. The highest BCUT2D eigenvalue weighted by molar-refractivity contribution is 7.14. The molecule has 2 amide bonds. The lowest BCUT2D eigenvalue weighted by molar-refractivity contribution is -0.138. The van der Waals surface area contributed by atoms with Crippen LogP contribution in [0, 0.1) is 0 Å². The molecule has 1 aliphatic heterocycles. The van der Waals surface area contributed by atoms with Crippen molar-refractivity contribution >= 4 is 34.5 Å². The molecule has 3 heterocycles. The van der Waals surface area contributed by atoms with Crippen LogP contribution in [0.4, 0.5) is 0 Å². The third-order valence-corrected chi connectivity index (χ3v) is 6.75. The van der Waals surface area contributed by atoms with Crippen LogP contribution in [0.1, 0.15) is 11.3 Å². The number of aromatic nitrogens is 1. The van der Waals surface area contributed by atoms with Crippen LogP contribution in [0.5, 0.6) is 5.75 Å². The maximum Gasteiger partial charge on any atom is 0.228 e. The third-order valence-electron chi connectivity index (χ3n) is 5.13. The summed E-state index contributed by atoms with van der Waals surface area (Å²) in [6.07, 6.45) is 0.647. The van der Waals surface area contributed by atoms with E-state index in [1.54, 1.807) is 29.8 Å². The number of amides is 2. The molecule has 0 bridgehead atoms. The number of hydrogen-bond acceptors (Lipinski definition) is 6. The lowest BCUT2D eigenvalue weighted by Crippen LogP contribution is -2.51. The maximum absolute atomic E-state index is 12.7. The van der Waals surface area contributed by atoms with Crippen LogP contribution < -0.4 is 4.74 Å². The van der Waals surface area contributed by atoms with Crippen LogP contribution in [0.3, 0.4) is 0 Å². The van der Waals surface area contributed by atoms with Gasteiger partial charge in [0.25, 0.3) is 0 Å². The van der Waals surface area contributed by atoms with Crippen molar-refractivity contribution in [1.82, 2.24) is 14.8 Å². The SMILES string of the molecule is COc1cccc(CC(=O)N2CCN(C(=O)Cc3csc(-c4ccsc4)n3)CC2)c1. The first-order valence-corrected chi connectivity index (χ1v) is 11.6. The highest BCUT2D eigenvalue weighted by Crippen LogP contribution is 2.26. The maximum atomic E-state index is 12.7. The van der Waals surface area contributed by atoms with E-state index in [4.69, 9.17) is 4.74 Å². The third kappa shape index (κ3) is 4.88. The Morgan fingerprint density at radius 2 is 1.77 bits per heavy atom. The topological polar surface area (TPSA) is 62.7 Å². The van der Waals surface area contributed by atoms with Crippen LogP contribution in [0.2, 0.25) is 0 Å². The second kappa shape index (κ2) is 9.40. The first-order chi connectivity index (χ1) is 14.6. The fourth-order valence-corrected chi connectivity index (χ4v) is 4.98. The molecule has 1 aliphatic rings. The molecule has 0 spiro atoms. The quantitative estimate of drug-likeness (QED) is 0.589. The Balaban J connectivity index is 1.27. The standard InChI is InChI=1S/C22H23N3O3S2/c1-28-19-4-2-3-16(11-19)12-20(26)24-6-8-25(9-7-24)21(27)13-18-15-30-22(23-18)17-5-10-29-14-17/h2-5,10-11,14-15H,6-9,12-13H2,1H3. The van der Waals surface area contributed by atoms with E-state index < -0.39 is 0 Å². The molecule has 6 nitrogen and oxygen atoms in total. The largest absolute Gasteiger partial charge is 0.497 e. The summed E-state index contributed by atoms with van der Waals surface area (Å²) in [6, 6.07) is 9.61. The molecular formula is C22H23N3O3S2.